The van der Waals surface area contributed by atoms with E-state index in [9.17, 15) is 17.6 Å². The lowest BCUT2D eigenvalue weighted by Gasteiger charge is -2.14. The van der Waals surface area contributed by atoms with Crippen LogP contribution in [0.4, 0.5) is 17.6 Å². The van der Waals surface area contributed by atoms with E-state index < -0.39 is 19.0 Å². The second kappa shape index (κ2) is 8.05. The molecule has 0 bridgehead atoms. The van der Waals surface area contributed by atoms with Crippen molar-refractivity contribution in [2.45, 2.75) is 52.2 Å². The molecule has 0 aliphatic heterocycles. The maximum atomic E-state index is 12.7. The number of nitrogens with one attached hydrogen (secondary N) is 1. The number of aromatic nitrogens is 1. The minimum atomic E-state index is -4.12. The Morgan fingerprint density at radius 3 is 2.62 bits per heavy atom. The van der Waals surface area contributed by atoms with Crippen LogP contribution in [0.25, 0.3) is 0 Å². The summed E-state index contributed by atoms with van der Waals surface area (Å²) in [5.74, 6) is -4.12. The normalized spacial score (nSPS) is 13.9. The first-order chi connectivity index (χ1) is 9.77. The standard InChI is InChI=1S/C13H20F4N2OS/c1-4-5-18-8(2)11-9(3)19-10(21-11)6-20-7-13(16,17)12(14)15/h8,12,18H,4-7H2,1-3H3. The average molecular weight is 328 g/mol. The molecular weight excluding hydrogens is 308 g/mol. The highest BCUT2D eigenvalue weighted by atomic mass is 32.1. The maximum Gasteiger partial charge on any atom is 0.330 e. The Morgan fingerprint density at radius 2 is 2.05 bits per heavy atom. The summed E-state index contributed by atoms with van der Waals surface area (Å²) in [6.07, 6.45) is -2.72. The smallest absolute Gasteiger partial charge is 0.330 e. The van der Waals surface area contributed by atoms with Crippen LogP contribution in [0.2, 0.25) is 0 Å². The summed E-state index contributed by atoms with van der Waals surface area (Å²) in [5.41, 5.74) is 0.801. The molecule has 122 valence electrons. The Bertz CT molecular complexity index is 440. The molecule has 3 nitrogen and oxygen atoms in total. The molecular formula is C13H20F4N2OS. The van der Waals surface area contributed by atoms with Gasteiger partial charge < -0.3 is 10.1 Å². The highest BCUT2D eigenvalue weighted by molar-refractivity contribution is 7.11. The highest BCUT2D eigenvalue weighted by Gasteiger charge is 2.41. The molecule has 0 amide bonds. The van der Waals surface area contributed by atoms with Gasteiger partial charge in [-0.3, -0.25) is 0 Å². The molecule has 0 aromatic carbocycles. The Kier molecular flexibility index (Phi) is 7.02. The largest absolute Gasteiger partial charge is 0.368 e. The Balaban J connectivity index is 2.54. The van der Waals surface area contributed by atoms with E-state index >= 15 is 0 Å². The molecule has 1 atom stereocenters. The van der Waals surface area contributed by atoms with Gasteiger partial charge in [0.2, 0.25) is 0 Å². The van der Waals surface area contributed by atoms with Crippen LogP contribution >= 0.6 is 11.3 Å². The summed E-state index contributed by atoms with van der Waals surface area (Å²) in [5, 5.41) is 3.82. The third-order valence-corrected chi connectivity index (χ3v) is 4.12. The van der Waals surface area contributed by atoms with E-state index in [-0.39, 0.29) is 12.6 Å². The van der Waals surface area contributed by atoms with Crippen LogP contribution in [0.1, 0.15) is 41.9 Å². The van der Waals surface area contributed by atoms with Crippen molar-refractivity contribution in [1.82, 2.24) is 10.3 Å². The lowest BCUT2D eigenvalue weighted by atomic mass is 10.2. The molecule has 1 heterocycles. The van der Waals surface area contributed by atoms with Crippen LogP contribution in [-0.2, 0) is 11.3 Å². The predicted molar refractivity (Wildman–Crippen MR) is 74.2 cm³/mol. The molecule has 1 aromatic rings. The van der Waals surface area contributed by atoms with Crippen molar-refractivity contribution in [3.63, 3.8) is 0 Å². The van der Waals surface area contributed by atoms with Crippen LogP contribution in [-0.4, -0.2) is 30.5 Å². The van der Waals surface area contributed by atoms with Gasteiger partial charge in [0.15, 0.2) is 0 Å². The summed E-state index contributed by atoms with van der Waals surface area (Å²) in [4.78, 5) is 5.23. The Morgan fingerprint density at radius 1 is 1.38 bits per heavy atom. The molecule has 0 radical (unpaired) electrons. The third-order valence-electron chi connectivity index (χ3n) is 2.81. The second-order valence-corrected chi connectivity index (χ2v) is 5.90. The lowest BCUT2D eigenvalue weighted by Crippen LogP contribution is -2.32. The monoisotopic (exact) mass is 328 g/mol. The van der Waals surface area contributed by atoms with Crippen molar-refractivity contribution in [2.75, 3.05) is 13.2 Å². The number of thiazole rings is 1. The van der Waals surface area contributed by atoms with E-state index in [1.54, 1.807) is 0 Å². The molecule has 1 aromatic heterocycles. The fourth-order valence-corrected chi connectivity index (χ4v) is 2.75. The number of rotatable bonds is 9. The Hall–Kier alpha value is -0.730. The molecule has 0 fully saturated rings. The average Bonchev–Trinajstić information content (AvgIpc) is 2.76. The molecule has 1 rings (SSSR count). The second-order valence-electron chi connectivity index (χ2n) is 4.79. The molecule has 8 heteroatoms. The summed E-state index contributed by atoms with van der Waals surface area (Å²) in [6, 6.07) is 0.110. The minimum absolute atomic E-state index is 0.110. The van der Waals surface area contributed by atoms with Gasteiger partial charge in [0.1, 0.15) is 11.6 Å². The zero-order valence-electron chi connectivity index (χ0n) is 12.3. The number of hydrogen-bond donors (Lipinski definition) is 1. The van der Waals surface area contributed by atoms with Crippen molar-refractivity contribution in [3.8, 4) is 0 Å². The van der Waals surface area contributed by atoms with Gasteiger partial charge in [0, 0.05) is 10.9 Å². The van der Waals surface area contributed by atoms with E-state index in [1.165, 1.54) is 11.3 Å². The molecule has 1 N–H and O–H groups in total. The van der Waals surface area contributed by atoms with Gasteiger partial charge in [-0.15, -0.1) is 11.3 Å². The fourth-order valence-electron chi connectivity index (χ4n) is 1.72. The van der Waals surface area contributed by atoms with Crippen LogP contribution in [0, 0.1) is 6.92 Å². The van der Waals surface area contributed by atoms with Gasteiger partial charge in [-0.25, -0.2) is 13.8 Å². The molecule has 21 heavy (non-hydrogen) atoms. The molecule has 1 unspecified atom stereocenters. The van der Waals surface area contributed by atoms with Crippen LogP contribution in [0.3, 0.4) is 0 Å². The highest BCUT2D eigenvalue weighted by Crippen LogP contribution is 2.27. The zero-order valence-corrected chi connectivity index (χ0v) is 13.1. The van der Waals surface area contributed by atoms with Gasteiger partial charge >= 0.3 is 12.3 Å². The molecule has 0 aliphatic rings. The van der Waals surface area contributed by atoms with Crippen molar-refractivity contribution in [2.24, 2.45) is 0 Å². The number of halogens is 4. The number of ether oxygens (including phenoxy) is 1. The van der Waals surface area contributed by atoms with Crippen molar-refractivity contribution in [1.29, 1.82) is 0 Å². The van der Waals surface area contributed by atoms with Crippen molar-refractivity contribution < 1.29 is 22.3 Å². The van der Waals surface area contributed by atoms with Gasteiger partial charge in [0.25, 0.3) is 0 Å². The maximum absolute atomic E-state index is 12.7. The van der Waals surface area contributed by atoms with E-state index in [0.29, 0.717) is 5.01 Å². The van der Waals surface area contributed by atoms with Gasteiger partial charge in [0.05, 0.1) is 12.3 Å². The summed E-state index contributed by atoms with van der Waals surface area (Å²) >= 11 is 1.35. The number of aryl methyl sites for hydroxylation is 1. The lowest BCUT2D eigenvalue weighted by molar-refractivity contribution is -0.168. The molecule has 0 saturated heterocycles. The van der Waals surface area contributed by atoms with Crippen LogP contribution in [0.15, 0.2) is 0 Å². The first kappa shape index (κ1) is 18.3. The number of hydrogen-bond acceptors (Lipinski definition) is 4. The van der Waals surface area contributed by atoms with Gasteiger partial charge in [-0.1, -0.05) is 6.92 Å². The van der Waals surface area contributed by atoms with E-state index in [4.69, 9.17) is 0 Å². The van der Waals surface area contributed by atoms with Crippen LogP contribution < -0.4 is 5.32 Å². The Labute approximate surface area is 125 Å². The topological polar surface area (TPSA) is 34.1 Å². The van der Waals surface area contributed by atoms with Gasteiger partial charge in [-0.2, -0.15) is 8.78 Å². The van der Waals surface area contributed by atoms with E-state index in [2.05, 4.69) is 22.0 Å². The number of alkyl halides is 4. The molecule has 0 saturated carbocycles. The van der Waals surface area contributed by atoms with Crippen molar-refractivity contribution in [3.05, 3.63) is 15.6 Å². The minimum Gasteiger partial charge on any atom is -0.368 e. The summed E-state index contributed by atoms with van der Waals surface area (Å²) in [6.45, 7) is 5.25. The van der Waals surface area contributed by atoms with E-state index in [1.807, 2.05) is 13.8 Å². The molecule has 0 aliphatic carbocycles. The van der Waals surface area contributed by atoms with Gasteiger partial charge in [-0.05, 0) is 26.8 Å². The third kappa shape index (κ3) is 5.52. The quantitative estimate of drug-likeness (QED) is 0.698. The number of nitrogens with zero attached hydrogens (tertiary/aromatic N) is 1. The van der Waals surface area contributed by atoms with Crippen molar-refractivity contribution >= 4 is 11.3 Å². The fraction of sp³-hybridized carbons (Fsp3) is 0.769. The SMILES string of the molecule is CCCNC(C)c1sc(COCC(F)(F)C(F)F)nc1C. The summed E-state index contributed by atoms with van der Waals surface area (Å²) in [7, 11) is 0. The predicted octanol–water partition coefficient (Wildman–Crippen LogP) is 3.93. The first-order valence-corrected chi connectivity index (χ1v) is 7.52. The molecule has 0 spiro atoms. The zero-order chi connectivity index (χ0) is 16.0. The summed E-state index contributed by atoms with van der Waals surface area (Å²) < 4.78 is 54.0. The first-order valence-electron chi connectivity index (χ1n) is 6.71. The van der Waals surface area contributed by atoms with E-state index in [0.717, 1.165) is 23.5 Å². The van der Waals surface area contributed by atoms with Crippen LogP contribution in [0.5, 0.6) is 0 Å².